The number of Topliss-reactive ketones (excluding diaryl/α,β-unsaturated/α-hetero) is 1. The number of carbonyl (C=O) groups is 3. The number of aliphatic hydroxyl groups excluding tert-OH is 1. The van der Waals surface area contributed by atoms with Gasteiger partial charge < -0.3 is 25.0 Å². The van der Waals surface area contributed by atoms with Gasteiger partial charge in [-0.3, -0.25) is 14.4 Å². The van der Waals surface area contributed by atoms with E-state index < -0.39 is 23.7 Å². The molecule has 3 rings (SSSR count). The fraction of sp³-hybridized carbons (Fsp3) is 0.227. The lowest BCUT2D eigenvalue weighted by atomic mass is 9.95. The summed E-state index contributed by atoms with van der Waals surface area (Å²) < 4.78 is 5.13. The molecule has 9 heteroatoms. The third-order valence-electron chi connectivity index (χ3n) is 4.97. The molecule has 1 atom stereocenters. The number of hydrogen-bond acceptors (Lipinski definition) is 6. The van der Waals surface area contributed by atoms with Crippen LogP contribution in [0.2, 0.25) is 5.02 Å². The molecule has 1 saturated heterocycles. The molecule has 0 saturated carbocycles. The van der Waals surface area contributed by atoms with Crippen molar-refractivity contribution < 1.29 is 34.4 Å². The van der Waals surface area contributed by atoms with Crippen molar-refractivity contribution in [1.82, 2.24) is 4.90 Å². The minimum atomic E-state index is -1.03. The van der Waals surface area contributed by atoms with E-state index in [2.05, 4.69) is 0 Å². The lowest BCUT2D eigenvalue weighted by molar-refractivity contribution is -0.140. The largest absolute Gasteiger partial charge is 0.507 e. The van der Waals surface area contributed by atoms with Crippen molar-refractivity contribution in [2.24, 2.45) is 0 Å². The van der Waals surface area contributed by atoms with Gasteiger partial charge in [0.25, 0.3) is 11.7 Å². The predicted molar refractivity (Wildman–Crippen MR) is 112 cm³/mol. The maximum absolute atomic E-state index is 12.9. The summed E-state index contributed by atoms with van der Waals surface area (Å²) in [4.78, 5) is 37.8. The lowest BCUT2D eigenvalue weighted by Crippen LogP contribution is -2.31. The van der Waals surface area contributed by atoms with E-state index in [1.807, 2.05) is 0 Å². The summed E-state index contributed by atoms with van der Waals surface area (Å²) in [5, 5.41) is 30.2. The Morgan fingerprint density at radius 2 is 1.81 bits per heavy atom. The first kappa shape index (κ1) is 22.2. The summed E-state index contributed by atoms with van der Waals surface area (Å²) in [5.41, 5.74) is 0.568. The Hall–Kier alpha value is -3.52. The van der Waals surface area contributed by atoms with Crippen LogP contribution >= 0.6 is 11.6 Å². The smallest absolute Gasteiger partial charge is 0.303 e. The van der Waals surface area contributed by atoms with E-state index in [1.54, 1.807) is 0 Å². The van der Waals surface area contributed by atoms with Gasteiger partial charge in [0.1, 0.15) is 5.76 Å². The zero-order valence-electron chi connectivity index (χ0n) is 16.5. The van der Waals surface area contributed by atoms with Crippen LogP contribution in [0, 0.1) is 0 Å². The van der Waals surface area contributed by atoms with Crippen LogP contribution in [0.15, 0.2) is 48.0 Å². The van der Waals surface area contributed by atoms with E-state index >= 15 is 0 Å². The van der Waals surface area contributed by atoms with Gasteiger partial charge in [0.15, 0.2) is 11.5 Å². The molecule has 31 heavy (non-hydrogen) atoms. The molecule has 3 N–H and O–H groups in total. The summed E-state index contributed by atoms with van der Waals surface area (Å²) >= 11 is 5.89. The van der Waals surface area contributed by atoms with E-state index in [-0.39, 0.29) is 42.2 Å². The average molecular weight is 446 g/mol. The highest BCUT2D eigenvalue weighted by atomic mass is 35.5. The number of carboxylic acids is 1. The number of carboxylic acid groups (broad SMARTS) is 1. The number of aliphatic carboxylic acids is 1. The van der Waals surface area contributed by atoms with Gasteiger partial charge in [0, 0.05) is 23.6 Å². The highest BCUT2D eigenvalue weighted by molar-refractivity contribution is 6.46. The van der Waals surface area contributed by atoms with Gasteiger partial charge in [-0.25, -0.2) is 0 Å². The Bertz CT molecular complexity index is 1060. The highest BCUT2D eigenvalue weighted by Gasteiger charge is 2.46. The van der Waals surface area contributed by atoms with Crippen LogP contribution in [0.3, 0.4) is 0 Å². The minimum Gasteiger partial charge on any atom is -0.507 e. The first-order chi connectivity index (χ1) is 14.7. The van der Waals surface area contributed by atoms with Crippen molar-refractivity contribution in [2.45, 2.75) is 18.9 Å². The number of methoxy groups -OCH3 is 1. The molecule has 0 aromatic heterocycles. The molecule has 8 nitrogen and oxygen atoms in total. The van der Waals surface area contributed by atoms with E-state index in [0.717, 1.165) is 0 Å². The fourth-order valence-electron chi connectivity index (χ4n) is 3.49. The molecular weight excluding hydrogens is 426 g/mol. The highest BCUT2D eigenvalue weighted by Crippen LogP contribution is 2.41. The van der Waals surface area contributed by atoms with Crippen LogP contribution in [0.25, 0.3) is 5.76 Å². The Labute approximate surface area is 182 Å². The van der Waals surface area contributed by atoms with Gasteiger partial charge in [0.05, 0.1) is 18.7 Å². The van der Waals surface area contributed by atoms with Gasteiger partial charge in [-0.05, 0) is 48.4 Å². The molecule has 1 aliphatic heterocycles. The third kappa shape index (κ3) is 4.49. The van der Waals surface area contributed by atoms with Crippen molar-refractivity contribution in [2.75, 3.05) is 13.7 Å². The lowest BCUT2D eigenvalue weighted by Gasteiger charge is -2.25. The molecule has 1 amide bonds. The standard InChI is InChI=1S/C22H20ClNO7/c1-31-16-11-13(6-9-15(16)25)19-18(20(28)12-4-7-14(23)8-5-12)21(29)22(30)24(19)10-2-3-17(26)27/h4-9,11,19,25,28H,2-3,10H2,1H3,(H,26,27)/t19-/m0/s1. The monoisotopic (exact) mass is 445 g/mol. The number of ketones is 1. The number of phenolic OH excluding ortho intramolecular Hbond substituents is 1. The molecule has 1 aliphatic rings. The second-order valence-electron chi connectivity index (χ2n) is 6.93. The maximum atomic E-state index is 12.9. The van der Waals surface area contributed by atoms with E-state index in [4.69, 9.17) is 21.4 Å². The summed E-state index contributed by atoms with van der Waals surface area (Å²) in [5.74, 6) is -3.15. The van der Waals surface area contributed by atoms with Crippen LogP contribution in [0.5, 0.6) is 11.5 Å². The van der Waals surface area contributed by atoms with E-state index in [9.17, 15) is 24.6 Å². The molecule has 2 aromatic rings. The minimum absolute atomic E-state index is 0.0118. The first-order valence-corrected chi connectivity index (χ1v) is 9.75. The summed E-state index contributed by atoms with van der Waals surface area (Å²) in [6.45, 7) is -0.0118. The van der Waals surface area contributed by atoms with Crippen molar-refractivity contribution in [1.29, 1.82) is 0 Å². The second kappa shape index (κ2) is 9.09. The fourth-order valence-corrected chi connectivity index (χ4v) is 3.61. The SMILES string of the molecule is COc1cc([C@H]2C(=C(O)c3ccc(Cl)cc3)C(=O)C(=O)N2CCCC(=O)O)ccc1O. The van der Waals surface area contributed by atoms with Crippen LogP contribution in [-0.4, -0.2) is 51.5 Å². The van der Waals surface area contributed by atoms with E-state index in [0.29, 0.717) is 16.1 Å². The van der Waals surface area contributed by atoms with Gasteiger partial charge in [-0.2, -0.15) is 0 Å². The van der Waals surface area contributed by atoms with Crippen LogP contribution in [0.1, 0.15) is 30.0 Å². The Balaban J connectivity index is 2.14. The van der Waals surface area contributed by atoms with Crippen molar-refractivity contribution in [3.63, 3.8) is 0 Å². The molecule has 0 radical (unpaired) electrons. The molecule has 162 valence electrons. The summed E-state index contributed by atoms with van der Waals surface area (Å²) in [6.07, 6.45) is -0.0686. The number of benzene rings is 2. The number of likely N-dealkylation sites (tertiary alicyclic amines) is 1. The third-order valence-corrected chi connectivity index (χ3v) is 5.22. The summed E-state index contributed by atoms with van der Waals surface area (Å²) in [7, 11) is 1.36. The van der Waals surface area contributed by atoms with Crippen molar-refractivity contribution in [3.05, 3.63) is 64.2 Å². The zero-order valence-corrected chi connectivity index (χ0v) is 17.3. The second-order valence-corrected chi connectivity index (χ2v) is 7.36. The normalized spacial score (nSPS) is 17.7. The number of rotatable bonds is 7. The summed E-state index contributed by atoms with van der Waals surface area (Å²) in [6, 6.07) is 9.45. The van der Waals surface area contributed by atoms with Crippen LogP contribution in [-0.2, 0) is 14.4 Å². The average Bonchev–Trinajstić information content (AvgIpc) is 2.99. The van der Waals surface area contributed by atoms with Crippen LogP contribution in [0.4, 0.5) is 0 Å². The molecule has 2 aromatic carbocycles. The van der Waals surface area contributed by atoms with Gasteiger partial charge in [0.2, 0.25) is 0 Å². The zero-order chi connectivity index (χ0) is 22.7. The first-order valence-electron chi connectivity index (χ1n) is 9.37. The number of ether oxygens (including phenoxy) is 1. The topological polar surface area (TPSA) is 124 Å². The Morgan fingerprint density at radius 3 is 2.42 bits per heavy atom. The molecule has 0 bridgehead atoms. The van der Waals surface area contributed by atoms with Gasteiger partial charge in [-0.15, -0.1) is 0 Å². The van der Waals surface area contributed by atoms with Crippen LogP contribution < -0.4 is 4.74 Å². The number of amides is 1. The van der Waals surface area contributed by atoms with E-state index in [1.165, 1.54) is 54.5 Å². The number of aliphatic hydroxyl groups is 1. The molecule has 1 fully saturated rings. The number of aromatic hydroxyl groups is 1. The number of halogens is 1. The molecule has 0 spiro atoms. The Morgan fingerprint density at radius 1 is 1.13 bits per heavy atom. The molecular formula is C22H20ClNO7. The molecule has 1 heterocycles. The Kier molecular flexibility index (Phi) is 6.50. The number of phenols is 1. The molecule has 0 unspecified atom stereocenters. The van der Waals surface area contributed by atoms with Crippen molar-refractivity contribution >= 4 is 35.0 Å². The maximum Gasteiger partial charge on any atom is 0.303 e. The number of nitrogens with zero attached hydrogens (tertiary/aromatic N) is 1. The number of hydrogen-bond donors (Lipinski definition) is 3. The molecule has 0 aliphatic carbocycles. The quantitative estimate of drug-likeness (QED) is 0.339. The predicted octanol–water partition coefficient (Wildman–Crippen LogP) is 3.34. The number of carbonyl (C=O) groups excluding carboxylic acids is 2. The van der Waals surface area contributed by atoms with Crippen molar-refractivity contribution in [3.8, 4) is 11.5 Å². The van der Waals surface area contributed by atoms with Gasteiger partial charge >= 0.3 is 5.97 Å². The van der Waals surface area contributed by atoms with Gasteiger partial charge in [-0.1, -0.05) is 17.7 Å².